The van der Waals surface area contributed by atoms with Gasteiger partial charge in [0.25, 0.3) is 0 Å². The summed E-state index contributed by atoms with van der Waals surface area (Å²) in [5.41, 5.74) is 2.64. The number of imidazole rings is 1. The molecule has 4 nitrogen and oxygen atoms in total. The standard InChI is InChI=1S/C17H21N3OS/c1-12(22-17-18-10-11-20(17)2)16(21)19-15-9-5-7-13-6-3-4-8-14(13)15/h3-4,6,8,10-12,15H,5,7,9H2,1-2H3,(H,19,21)/t12-,15+/m0/s1. The van der Waals surface area contributed by atoms with Crippen LogP contribution in [0.5, 0.6) is 0 Å². The van der Waals surface area contributed by atoms with Crippen molar-refractivity contribution in [2.24, 2.45) is 7.05 Å². The van der Waals surface area contributed by atoms with Gasteiger partial charge in [0.2, 0.25) is 5.91 Å². The van der Waals surface area contributed by atoms with E-state index < -0.39 is 0 Å². The third kappa shape index (κ3) is 3.19. The van der Waals surface area contributed by atoms with E-state index in [4.69, 9.17) is 0 Å². The van der Waals surface area contributed by atoms with Crippen LogP contribution in [0.25, 0.3) is 0 Å². The molecule has 0 bridgehead atoms. The lowest BCUT2D eigenvalue weighted by atomic mass is 9.88. The number of nitrogens with zero attached hydrogens (tertiary/aromatic N) is 2. The largest absolute Gasteiger partial charge is 0.348 e. The smallest absolute Gasteiger partial charge is 0.233 e. The number of thioether (sulfide) groups is 1. The fourth-order valence-electron chi connectivity index (χ4n) is 2.87. The fraction of sp³-hybridized carbons (Fsp3) is 0.412. The van der Waals surface area contributed by atoms with Gasteiger partial charge in [-0.1, -0.05) is 36.0 Å². The average Bonchev–Trinajstić information content (AvgIpc) is 2.93. The SMILES string of the molecule is C[C@H](Sc1nccn1C)C(=O)N[C@@H]1CCCc2ccccc21. The molecule has 2 atom stereocenters. The van der Waals surface area contributed by atoms with Gasteiger partial charge < -0.3 is 9.88 Å². The van der Waals surface area contributed by atoms with Crippen molar-refractivity contribution in [3.8, 4) is 0 Å². The third-order valence-corrected chi connectivity index (χ3v) is 5.29. The highest BCUT2D eigenvalue weighted by atomic mass is 32.2. The van der Waals surface area contributed by atoms with Crippen molar-refractivity contribution in [1.29, 1.82) is 0 Å². The molecule has 5 heteroatoms. The molecule has 1 N–H and O–H groups in total. The number of carbonyl (C=O) groups is 1. The van der Waals surface area contributed by atoms with E-state index in [9.17, 15) is 4.79 Å². The van der Waals surface area contributed by atoms with Gasteiger partial charge in [0.05, 0.1) is 11.3 Å². The first-order valence-electron chi connectivity index (χ1n) is 7.67. The molecule has 3 rings (SSSR count). The van der Waals surface area contributed by atoms with Gasteiger partial charge in [0.15, 0.2) is 5.16 Å². The molecule has 0 aliphatic heterocycles. The predicted octanol–water partition coefficient (Wildman–Crippen LogP) is 3.09. The Morgan fingerprint density at radius 2 is 2.27 bits per heavy atom. The molecule has 22 heavy (non-hydrogen) atoms. The van der Waals surface area contributed by atoms with Crippen LogP contribution in [0.15, 0.2) is 41.8 Å². The van der Waals surface area contributed by atoms with E-state index in [0.29, 0.717) is 0 Å². The van der Waals surface area contributed by atoms with E-state index >= 15 is 0 Å². The van der Waals surface area contributed by atoms with Crippen LogP contribution in [0.1, 0.15) is 36.9 Å². The van der Waals surface area contributed by atoms with E-state index in [1.54, 1.807) is 6.20 Å². The fourth-order valence-corrected chi connectivity index (χ4v) is 3.71. The molecule has 0 spiro atoms. The Hall–Kier alpha value is -1.75. The highest BCUT2D eigenvalue weighted by Gasteiger charge is 2.24. The zero-order chi connectivity index (χ0) is 15.5. The predicted molar refractivity (Wildman–Crippen MR) is 88.8 cm³/mol. The highest BCUT2D eigenvalue weighted by Crippen LogP contribution is 2.30. The summed E-state index contributed by atoms with van der Waals surface area (Å²) in [6.45, 7) is 1.93. The lowest BCUT2D eigenvalue weighted by molar-refractivity contribution is -0.121. The summed E-state index contributed by atoms with van der Waals surface area (Å²) < 4.78 is 1.93. The Balaban J connectivity index is 1.66. The monoisotopic (exact) mass is 315 g/mol. The molecule has 1 aliphatic carbocycles. The number of fused-ring (bicyclic) bond motifs is 1. The van der Waals surface area contributed by atoms with Crippen LogP contribution < -0.4 is 5.32 Å². The molecule has 1 aliphatic rings. The Morgan fingerprint density at radius 3 is 3.05 bits per heavy atom. The molecule has 0 unspecified atom stereocenters. The van der Waals surface area contributed by atoms with Gasteiger partial charge in [0.1, 0.15) is 0 Å². The zero-order valence-corrected chi connectivity index (χ0v) is 13.8. The minimum atomic E-state index is -0.157. The summed E-state index contributed by atoms with van der Waals surface area (Å²) in [5.74, 6) is 0.0784. The number of rotatable bonds is 4. The van der Waals surface area contributed by atoms with E-state index in [0.717, 1.165) is 24.4 Å². The molecule has 0 saturated heterocycles. The summed E-state index contributed by atoms with van der Waals surface area (Å²) in [5, 5.41) is 3.92. The molecule has 1 heterocycles. The van der Waals surface area contributed by atoms with Gasteiger partial charge in [-0.15, -0.1) is 0 Å². The van der Waals surface area contributed by atoms with Crippen LogP contribution in [0.2, 0.25) is 0 Å². The molecule has 116 valence electrons. The van der Waals surface area contributed by atoms with Gasteiger partial charge >= 0.3 is 0 Å². The second kappa shape index (κ2) is 6.57. The second-order valence-electron chi connectivity index (χ2n) is 5.73. The van der Waals surface area contributed by atoms with E-state index in [1.807, 2.05) is 24.7 Å². The Kier molecular flexibility index (Phi) is 4.52. The molecule has 0 saturated carbocycles. The van der Waals surface area contributed by atoms with Crippen LogP contribution in [-0.4, -0.2) is 20.7 Å². The Bertz CT molecular complexity index is 667. The lowest BCUT2D eigenvalue weighted by Crippen LogP contribution is -2.36. The molecule has 2 aromatic rings. The van der Waals surface area contributed by atoms with Crippen molar-refractivity contribution < 1.29 is 4.79 Å². The molecular formula is C17H21N3OS. The number of aromatic nitrogens is 2. The normalized spacial score (nSPS) is 18.5. The number of carbonyl (C=O) groups excluding carboxylic acids is 1. The number of benzene rings is 1. The van der Waals surface area contributed by atoms with Crippen molar-refractivity contribution in [3.63, 3.8) is 0 Å². The quantitative estimate of drug-likeness (QED) is 0.882. The number of hydrogen-bond acceptors (Lipinski definition) is 3. The average molecular weight is 315 g/mol. The van der Waals surface area contributed by atoms with Crippen molar-refractivity contribution >= 4 is 17.7 Å². The maximum Gasteiger partial charge on any atom is 0.233 e. The summed E-state index contributed by atoms with van der Waals surface area (Å²) in [7, 11) is 1.94. The lowest BCUT2D eigenvalue weighted by Gasteiger charge is -2.27. The van der Waals surface area contributed by atoms with Crippen LogP contribution in [-0.2, 0) is 18.3 Å². The van der Waals surface area contributed by atoms with E-state index in [2.05, 4.69) is 34.6 Å². The summed E-state index contributed by atoms with van der Waals surface area (Å²) in [6, 6.07) is 8.56. The molecular weight excluding hydrogens is 294 g/mol. The van der Waals surface area contributed by atoms with Crippen molar-refractivity contribution in [2.45, 2.75) is 42.6 Å². The first-order chi connectivity index (χ1) is 10.6. The van der Waals surface area contributed by atoms with Crippen LogP contribution in [0, 0.1) is 0 Å². The van der Waals surface area contributed by atoms with E-state index in [-0.39, 0.29) is 17.2 Å². The van der Waals surface area contributed by atoms with Crippen molar-refractivity contribution in [3.05, 3.63) is 47.8 Å². The maximum absolute atomic E-state index is 12.5. The van der Waals surface area contributed by atoms with Crippen molar-refractivity contribution in [1.82, 2.24) is 14.9 Å². The van der Waals surface area contributed by atoms with Gasteiger partial charge in [-0.05, 0) is 37.3 Å². The summed E-state index contributed by atoms with van der Waals surface area (Å²) >= 11 is 1.49. The highest BCUT2D eigenvalue weighted by molar-refractivity contribution is 8.00. The van der Waals surface area contributed by atoms with Crippen LogP contribution in [0.3, 0.4) is 0 Å². The van der Waals surface area contributed by atoms with Gasteiger partial charge in [0, 0.05) is 19.4 Å². The number of hydrogen-bond donors (Lipinski definition) is 1. The minimum Gasteiger partial charge on any atom is -0.348 e. The zero-order valence-electron chi connectivity index (χ0n) is 13.0. The van der Waals surface area contributed by atoms with Crippen molar-refractivity contribution in [2.75, 3.05) is 0 Å². The molecule has 0 fully saturated rings. The Labute approximate surface area is 135 Å². The van der Waals surface area contributed by atoms with Gasteiger partial charge in [-0.3, -0.25) is 4.79 Å². The second-order valence-corrected chi connectivity index (χ2v) is 7.04. The van der Waals surface area contributed by atoms with E-state index in [1.165, 1.54) is 22.9 Å². The van der Waals surface area contributed by atoms with Gasteiger partial charge in [-0.25, -0.2) is 4.98 Å². The topological polar surface area (TPSA) is 46.9 Å². The van der Waals surface area contributed by atoms with Crippen LogP contribution in [0.4, 0.5) is 0 Å². The molecule has 0 radical (unpaired) electrons. The Morgan fingerprint density at radius 1 is 1.45 bits per heavy atom. The maximum atomic E-state index is 12.5. The number of aryl methyl sites for hydroxylation is 2. The van der Waals surface area contributed by atoms with Crippen LogP contribution >= 0.6 is 11.8 Å². The molecule has 1 aromatic heterocycles. The molecule has 1 aromatic carbocycles. The third-order valence-electron chi connectivity index (χ3n) is 4.11. The first kappa shape index (κ1) is 15.2. The van der Waals surface area contributed by atoms with Gasteiger partial charge in [-0.2, -0.15) is 0 Å². The summed E-state index contributed by atoms with van der Waals surface area (Å²) in [4.78, 5) is 16.8. The molecule has 1 amide bonds. The minimum absolute atomic E-state index is 0.0784. The number of amides is 1. The first-order valence-corrected chi connectivity index (χ1v) is 8.55. The number of nitrogens with one attached hydrogen (secondary N) is 1. The summed E-state index contributed by atoms with van der Waals surface area (Å²) in [6.07, 6.45) is 6.90.